The smallest absolute Gasteiger partial charge is 0.416 e. The number of halogens is 3. The minimum atomic E-state index is -4.47. The summed E-state index contributed by atoms with van der Waals surface area (Å²) in [6.07, 6.45) is -4.47. The predicted octanol–water partition coefficient (Wildman–Crippen LogP) is 4.48. The van der Waals surface area contributed by atoms with Crippen LogP contribution in [0.5, 0.6) is 11.5 Å². The highest BCUT2D eigenvalue weighted by Crippen LogP contribution is 2.37. The summed E-state index contributed by atoms with van der Waals surface area (Å²) in [6, 6.07) is 6.59. The molecule has 0 radical (unpaired) electrons. The number of nitrogen functional groups attached to an aromatic ring is 1. The van der Waals surface area contributed by atoms with Crippen molar-refractivity contribution in [3.05, 3.63) is 47.3 Å². The van der Waals surface area contributed by atoms with Gasteiger partial charge in [-0.05, 0) is 43.7 Å². The van der Waals surface area contributed by atoms with Gasteiger partial charge in [0.15, 0.2) is 11.5 Å². The third kappa shape index (κ3) is 3.85. The summed E-state index contributed by atoms with van der Waals surface area (Å²) in [7, 11) is 0. The van der Waals surface area contributed by atoms with E-state index in [0.29, 0.717) is 52.8 Å². The van der Waals surface area contributed by atoms with Crippen molar-refractivity contribution >= 4 is 22.4 Å². The first-order chi connectivity index (χ1) is 13.7. The Morgan fingerprint density at radius 2 is 1.72 bits per heavy atom. The summed E-state index contributed by atoms with van der Waals surface area (Å²) in [4.78, 5) is 8.87. The van der Waals surface area contributed by atoms with Gasteiger partial charge in [-0.1, -0.05) is 0 Å². The largest absolute Gasteiger partial charge is 0.486 e. The molecule has 152 valence electrons. The van der Waals surface area contributed by atoms with E-state index in [0.717, 1.165) is 12.1 Å². The van der Waals surface area contributed by atoms with E-state index in [1.807, 2.05) is 0 Å². The maximum atomic E-state index is 13.1. The molecule has 0 amide bonds. The van der Waals surface area contributed by atoms with Gasteiger partial charge in [-0.2, -0.15) is 13.2 Å². The van der Waals surface area contributed by atoms with Crippen molar-refractivity contribution < 1.29 is 22.6 Å². The maximum Gasteiger partial charge on any atom is 0.416 e. The van der Waals surface area contributed by atoms with Crippen LogP contribution in [0.4, 0.5) is 24.7 Å². The number of nitrogens with zero attached hydrogens (tertiary/aromatic N) is 2. The van der Waals surface area contributed by atoms with Gasteiger partial charge in [-0.25, -0.2) is 9.97 Å². The summed E-state index contributed by atoms with van der Waals surface area (Å²) in [6.45, 7) is 4.39. The van der Waals surface area contributed by atoms with E-state index in [4.69, 9.17) is 15.2 Å². The molecule has 0 fully saturated rings. The van der Waals surface area contributed by atoms with Gasteiger partial charge in [-0.15, -0.1) is 0 Å². The molecule has 0 spiro atoms. The van der Waals surface area contributed by atoms with Gasteiger partial charge in [0.05, 0.1) is 17.1 Å². The molecule has 0 bridgehead atoms. The van der Waals surface area contributed by atoms with E-state index >= 15 is 0 Å². The molecule has 1 atom stereocenters. The number of benzene rings is 2. The predicted molar refractivity (Wildman–Crippen MR) is 103 cm³/mol. The number of nitrogens with one attached hydrogen (secondary N) is 1. The molecule has 2 heterocycles. The van der Waals surface area contributed by atoms with E-state index in [-0.39, 0.29) is 5.69 Å². The molecule has 1 aliphatic heterocycles. The lowest BCUT2D eigenvalue weighted by atomic mass is 10.0. The van der Waals surface area contributed by atoms with Crippen molar-refractivity contribution in [1.29, 1.82) is 0 Å². The van der Waals surface area contributed by atoms with Crippen LogP contribution in [0.1, 0.15) is 29.9 Å². The van der Waals surface area contributed by atoms with Crippen molar-refractivity contribution in [2.45, 2.75) is 26.1 Å². The molecular formula is C20H19F3N4O2. The second-order valence-electron chi connectivity index (χ2n) is 6.88. The average Bonchev–Trinajstić information content (AvgIpc) is 2.65. The normalized spacial score (nSPS) is 14.7. The van der Waals surface area contributed by atoms with Crippen LogP contribution < -0.4 is 20.5 Å². The Bertz CT molecular complexity index is 1090. The summed E-state index contributed by atoms with van der Waals surface area (Å²) in [5.74, 6) is 2.20. The van der Waals surface area contributed by atoms with Gasteiger partial charge in [0.25, 0.3) is 0 Å². The van der Waals surface area contributed by atoms with Crippen molar-refractivity contribution in [3.8, 4) is 11.5 Å². The zero-order valence-corrected chi connectivity index (χ0v) is 15.8. The van der Waals surface area contributed by atoms with Gasteiger partial charge in [-0.3, -0.25) is 0 Å². The quantitative estimate of drug-likeness (QED) is 0.627. The molecule has 4 rings (SSSR count). The summed E-state index contributed by atoms with van der Waals surface area (Å²) in [5, 5.41) is 3.87. The van der Waals surface area contributed by atoms with Crippen molar-refractivity contribution in [3.63, 3.8) is 0 Å². The van der Waals surface area contributed by atoms with Crippen LogP contribution in [0.3, 0.4) is 0 Å². The van der Waals surface area contributed by atoms with E-state index in [1.54, 1.807) is 26.0 Å². The fraction of sp³-hybridized carbons (Fsp3) is 0.300. The molecule has 1 unspecified atom stereocenters. The molecule has 6 nitrogen and oxygen atoms in total. The SMILES string of the molecule is Cc1nc(NC(C)c2cc(N)cc(C(F)(F)F)c2)c2cc3c(cc2n1)OCCO3. The third-order valence-corrected chi connectivity index (χ3v) is 4.63. The molecule has 3 N–H and O–H groups in total. The van der Waals surface area contributed by atoms with Crippen LogP contribution in [-0.4, -0.2) is 23.2 Å². The van der Waals surface area contributed by atoms with Gasteiger partial charge in [0.2, 0.25) is 0 Å². The topological polar surface area (TPSA) is 82.3 Å². The number of rotatable bonds is 3. The van der Waals surface area contributed by atoms with Crippen LogP contribution >= 0.6 is 0 Å². The Labute approximate surface area is 164 Å². The van der Waals surface area contributed by atoms with Crippen LogP contribution in [0, 0.1) is 6.92 Å². The third-order valence-electron chi connectivity index (χ3n) is 4.63. The van der Waals surface area contributed by atoms with Crippen LogP contribution in [0.2, 0.25) is 0 Å². The van der Waals surface area contributed by atoms with Crippen LogP contribution in [0.25, 0.3) is 10.9 Å². The Morgan fingerprint density at radius 1 is 1.03 bits per heavy atom. The number of alkyl halides is 3. The fourth-order valence-electron chi connectivity index (χ4n) is 3.27. The van der Waals surface area contributed by atoms with Crippen molar-refractivity contribution in [1.82, 2.24) is 9.97 Å². The highest BCUT2D eigenvalue weighted by Gasteiger charge is 2.31. The molecule has 0 aliphatic carbocycles. The zero-order valence-electron chi connectivity index (χ0n) is 15.8. The van der Waals surface area contributed by atoms with Crippen LogP contribution in [-0.2, 0) is 6.18 Å². The van der Waals surface area contributed by atoms with Gasteiger partial charge in [0, 0.05) is 17.1 Å². The highest BCUT2D eigenvalue weighted by molar-refractivity contribution is 5.92. The maximum absolute atomic E-state index is 13.1. The molecular weight excluding hydrogens is 385 g/mol. The summed E-state index contributed by atoms with van der Waals surface area (Å²) >= 11 is 0. The van der Waals surface area contributed by atoms with E-state index in [1.165, 1.54) is 6.07 Å². The van der Waals surface area contributed by atoms with E-state index in [9.17, 15) is 13.2 Å². The molecule has 0 saturated heterocycles. The standard InChI is InChI=1S/C20H19F3N4O2/c1-10(12-5-13(20(21,22)23)7-14(24)6-12)25-19-15-8-17-18(29-4-3-28-17)9-16(15)26-11(2)27-19/h5-10H,3-4,24H2,1-2H3,(H,25,26,27). The van der Waals surface area contributed by atoms with Gasteiger partial charge < -0.3 is 20.5 Å². The minimum absolute atomic E-state index is 0.0480. The number of anilines is 2. The fourth-order valence-corrected chi connectivity index (χ4v) is 3.27. The number of nitrogens with two attached hydrogens (primary N) is 1. The monoisotopic (exact) mass is 404 g/mol. The Hall–Kier alpha value is -3.23. The first kappa shape index (κ1) is 19.1. The number of aromatic nitrogens is 2. The Balaban J connectivity index is 1.73. The zero-order chi connectivity index (χ0) is 20.8. The van der Waals surface area contributed by atoms with E-state index < -0.39 is 17.8 Å². The molecule has 29 heavy (non-hydrogen) atoms. The van der Waals surface area contributed by atoms with Gasteiger partial charge in [0.1, 0.15) is 24.9 Å². The summed E-state index contributed by atoms with van der Waals surface area (Å²) in [5.41, 5.74) is 6.01. The first-order valence-corrected chi connectivity index (χ1v) is 9.03. The minimum Gasteiger partial charge on any atom is -0.486 e. The second-order valence-corrected chi connectivity index (χ2v) is 6.88. The number of fused-ring (bicyclic) bond motifs is 2. The molecule has 9 heteroatoms. The highest BCUT2D eigenvalue weighted by atomic mass is 19.4. The number of hydrogen-bond acceptors (Lipinski definition) is 6. The molecule has 1 aromatic heterocycles. The number of aryl methyl sites for hydroxylation is 1. The number of hydrogen-bond donors (Lipinski definition) is 2. The van der Waals surface area contributed by atoms with Crippen LogP contribution in [0.15, 0.2) is 30.3 Å². The molecule has 3 aromatic rings. The van der Waals surface area contributed by atoms with E-state index in [2.05, 4.69) is 15.3 Å². The van der Waals surface area contributed by atoms with Gasteiger partial charge >= 0.3 is 6.18 Å². The Morgan fingerprint density at radius 3 is 2.41 bits per heavy atom. The lowest BCUT2D eigenvalue weighted by Crippen LogP contribution is -2.16. The second kappa shape index (κ2) is 6.98. The number of ether oxygens (including phenoxy) is 2. The van der Waals surface area contributed by atoms with Crippen molar-refractivity contribution in [2.75, 3.05) is 24.3 Å². The Kier molecular flexibility index (Phi) is 4.60. The molecule has 2 aromatic carbocycles. The lowest BCUT2D eigenvalue weighted by molar-refractivity contribution is -0.137. The lowest BCUT2D eigenvalue weighted by Gasteiger charge is -2.21. The summed E-state index contributed by atoms with van der Waals surface area (Å²) < 4.78 is 50.6. The molecule has 1 aliphatic rings. The molecule has 0 saturated carbocycles. The average molecular weight is 404 g/mol. The first-order valence-electron chi connectivity index (χ1n) is 9.03. The van der Waals surface area contributed by atoms with Crippen molar-refractivity contribution in [2.24, 2.45) is 0 Å².